The molecule has 2 N–H and O–H groups in total. The Hall–Kier alpha value is -1.18. The zero-order valence-electron chi connectivity index (χ0n) is 11.7. The molecule has 0 aromatic heterocycles. The number of anilines is 2. The second-order valence-electron chi connectivity index (χ2n) is 4.82. The van der Waals surface area contributed by atoms with Crippen LogP contribution in [0.1, 0.15) is 45.6 Å². The van der Waals surface area contributed by atoms with E-state index in [4.69, 9.17) is 5.73 Å². The summed E-state index contributed by atoms with van der Waals surface area (Å²) in [6.45, 7) is 9.99. The largest absolute Gasteiger partial charge is 0.397 e. The van der Waals surface area contributed by atoms with Gasteiger partial charge in [-0.25, -0.2) is 0 Å². The second kappa shape index (κ2) is 6.53. The number of nitrogens with two attached hydrogens (primary N) is 1. The number of nitrogen functional groups attached to an aromatic ring is 1. The van der Waals surface area contributed by atoms with Crippen LogP contribution in [0.25, 0.3) is 0 Å². The highest BCUT2D eigenvalue weighted by molar-refractivity contribution is 5.71. The molecule has 0 aliphatic rings. The van der Waals surface area contributed by atoms with Crippen LogP contribution in [0.4, 0.5) is 11.4 Å². The quantitative estimate of drug-likeness (QED) is 0.754. The number of para-hydroxylation sites is 1. The minimum Gasteiger partial charge on any atom is -0.397 e. The van der Waals surface area contributed by atoms with E-state index >= 15 is 0 Å². The van der Waals surface area contributed by atoms with E-state index in [1.54, 1.807) is 0 Å². The van der Waals surface area contributed by atoms with Gasteiger partial charge in [-0.2, -0.15) is 0 Å². The van der Waals surface area contributed by atoms with Gasteiger partial charge in [0.2, 0.25) is 0 Å². The first-order valence-corrected chi connectivity index (χ1v) is 6.73. The smallest absolute Gasteiger partial charge is 0.0632 e. The van der Waals surface area contributed by atoms with E-state index in [2.05, 4.69) is 38.7 Å². The molecular formula is C15H26N2. The first-order valence-electron chi connectivity index (χ1n) is 6.73. The predicted molar refractivity (Wildman–Crippen MR) is 77.6 cm³/mol. The van der Waals surface area contributed by atoms with Crippen LogP contribution in [0.2, 0.25) is 0 Å². The van der Waals surface area contributed by atoms with Crippen LogP contribution in [0.5, 0.6) is 0 Å². The summed E-state index contributed by atoms with van der Waals surface area (Å²) in [5.74, 6) is 0. The van der Waals surface area contributed by atoms with Crippen molar-refractivity contribution in [3.8, 4) is 0 Å². The SMILES string of the molecule is CCCCN(c1c(C)cccc1N)C(C)CC. The van der Waals surface area contributed by atoms with Gasteiger partial charge in [-0.1, -0.05) is 32.4 Å². The van der Waals surface area contributed by atoms with Gasteiger partial charge in [0, 0.05) is 12.6 Å². The molecule has 1 aromatic carbocycles. The summed E-state index contributed by atoms with van der Waals surface area (Å²) in [4.78, 5) is 2.47. The van der Waals surface area contributed by atoms with Crippen LogP contribution in [0.15, 0.2) is 18.2 Å². The molecule has 1 atom stereocenters. The van der Waals surface area contributed by atoms with Crippen LogP contribution < -0.4 is 10.6 Å². The molecule has 0 fully saturated rings. The standard InChI is InChI=1S/C15H26N2/c1-5-7-11-17(13(4)6-2)15-12(3)9-8-10-14(15)16/h8-10,13H,5-7,11,16H2,1-4H3. The topological polar surface area (TPSA) is 29.3 Å². The third kappa shape index (κ3) is 3.39. The number of hydrogen-bond donors (Lipinski definition) is 1. The summed E-state index contributed by atoms with van der Waals surface area (Å²) < 4.78 is 0. The van der Waals surface area contributed by atoms with E-state index in [0.29, 0.717) is 6.04 Å². The van der Waals surface area contributed by atoms with E-state index in [1.165, 1.54) is 24.1 Å². The lowest BCUT2D eigenvalue weighted by atomic mass is 10.1. The Morgan fingerprint density at radius 1 is 1.29 bits per heavy atom. The number of hydrogen-bond acceptors (Lipinski definition) is 2. The highest BCUT2D eigenvalue weighted by atomic mass is 15.2. The summed E-state index contributed by atoms with van der Waals surface area (Å²) in [5, 5.41) is 0. The average Bonchev–Trinajstić information content (AvgIpc) is 2.32. The molecule has 2 nitrogen and oxygen atoms in total. The Balaban J connectivity index is 3.03. The van der Waals surface area contributed by atoms with Crippen LogP contribution >= 0.6 is 0 Å². The van der Waals surface area contributed by atoms with E-state index < -0.39 is 0 Å². The van der Waals surface area contributed by atoms with Crippen molar-refractivity contribution in [1.29, 1.82) is 0 Å². The van der Waals surface area contributed by atoms with Gasteiger partial charge in [0.05, 0.1) is 11.4 Å². The van der Waals surface area contributed by atoms with Gasteiger partial charge >= 0.3 is 0 Å². The molecule has 1 unspecified atom stereocenters. The zero-order valence-corrected chi connectivity index (χ0v) is 11.7. The van der Waals surface area contributed by atoms with Crippen molar-refractivity contribution in [1.82, 2.24) is 0 Å². The molecule has 96 valence electrons. The molecule has 0 aliphatic heterocycles. The Bertz CT molecular complexity index is 327. The second-order valence-corrected chi connectivity index (χ2v) is 4.82. The van der Waals surface area contributed by atoms with Gasteiger partial charge in [0.15, 0.2) is 0 Å². The summed E-state index contributed by atoms with van der Waals surface area (Å²) >= 11 is 0. The van der Waals surface area contributed by atoms with Crippen molar-refractivity contribution in [2.45, 2.75) is 53.0 Å². The molecule has 0 radical (unpaired) electrons. The molecule has 0 aliphatic carbocycles. The van der Waals surface area contributed by atoms with Crippen molar-refractivity contribution in [2.24, 2.45) is 0 Å². The first-order chi connectivity index (χ1) is 8.11. The fourth-order valence-corrected chi connectivity index (χ4v) is 2.18. The third-order valence-corrected chi connectivity index (χ3v) is 3.43. The monoisotopic (exact) mass is 234 g/mol. The van der Waals surface area contributed by atoms with Crippen LogP contribution in [-0.4, -0.2) is 12.6 Å². The maximum atomic E-state index is 6.14. The van der Waals surface area contributed by atoms with Crippen LogP contribution in [0.3, 0.4) is 0 Å². The maximum absolute atomic E-state index is 6.14. The summed E-state index contributed by atoms with van der Waals surface area (Å²) in [6, 6.07) is 6.73. The number of rotatable bonds is 6. The molecule has 0 heterocycles. The van der Waals surface area contributed by atoms with Crippen LogP contribution in [-0.2, 0) is 0 Å². The fourth-order valence-electron chi connectivity index (χ4n) is 2.18. The number of benzene rings is 1. The van der Waals surface area contributed by atoms with Crippen molar-refractivity contribution in [3.63, 3.8) is 0 Å². The van der Waals surface area contributed by atoms with Gasteiger partial charge < -0.3 is 10.6 Å². The lowest BCUT2D eigenvalue weighted by Crippen LogP contribution is -2.34. The fraction of sp³-hybridized carbons (Fsp3) is 0.600. The minimum atomic E-state index is 0.546. The number of aryl methyl sites for hydroxylation is 1. The van der Waals surface area contributed by atoms with Gasteiger partial charge in [0.25, 0.3) is 0 Å². The Morgan fingerprint density at radius 3 is 2.53 bits per heavy atom. The molecular weight excluding hydrogens is 208 g/mol. The lowest BCUT2D eigenvalue weighted by molar-refractivity contribution is 0.595. The Labute approximate surface area is 106 Å². The molecule has 0 saturated heterocycles. The predicted octanol–water partition coefficient (Wildman–Crippen LogP) is 3.98. The minimum absolute atomic E-state index is 0.546. The summed E-state index contributed by atoms with van der Waals surface area (Å²) in [6.07, 6.45) is 3.59. The maximum Gasteiger partial charge on any atom is 0.0632 e. The summed E-state index contributed by atoms with van der Waals surface area (Å²) in [5.41, 5.74) is 9.56. The highest BCUT2D eigenvalue weighted by Gasteiger charge is 2.16. The molecule has 0 bridgehead atoms. The lowest BCUT2D eigenvalue weighted by Gasteiger charge is -2.33. The van der Waals surface area contributed by atoms with Crippen molar-refractivity contribution >= 4 is 11.4 Å². The van der Waals surface area contributed by atoms with Gasteiger partial charge in [-0.3, -0.25) is 0 Å². The first kappa shape index (κ1) is 13.9. The molecule has 1 rings (SSSR count). The van der Waals surface area contributed by atoms with Crippen LogP contribution in [0, 0.1) is 6.92 Å². The number of unbranched alkanes of at least 4 members (excludes halogenated alkanes) is 1. The van der Waals surface area contributed by atoms with Gasteiger partial charge in [0.1, 0.15) is 0 Å². The van der Waals surface area contributed by atoms with Crippen molar-refractivity contribution in [2.75, 3.05) is 17.2 Å². The van der Waals surface area contributed by atoms with E-state index in [9.17, 15) is 0 Å². The zero-order chi connectivity index (χ0) is 12.8. The summed E-state index contributed by atoms with van der Waals surface area (Å²) in [7, 11) is 0. The number of nitrogens with zero attached hydrogens (tertiary/aromatic N) is 1. The molecule has 1 aromatic rings. The average molecular weight is 234 g/mol. The third-order valence-electron chi connectivity index (χ3n) is 3.43. The van der Waals surface area contributed by atoms with E-state index in [0.717, 1.165) is 18.7 Å². The van der Waals surface area contributed by atoms with E-state index in [1.807, 2.05) is 12.1 Å². The van der Waals surface area contributed by atoms with Gasteiger partial charge in [-0.05, 0) is 38.3 Å². The molecule has 0 saturated carbocycles. The van der Waals surface area contributed by atoms with Gasteiger partial charge in [-0.15, -0.1) is 0 Å². The van der Waals surface area contributed by atoms with Crippen molar-refractivity contribution < 1.29 is 0 Å². The normalized spacial score (nSPS) is 12.5. The molecule has 0 amide bonds. The molecule has 0 spiro atoms. The molecule has 2 heteroatoms. The Kier molecular flexibility index (Phi) is 5.33. The highest BCUT2D eigenvalue weighted by Crippen LogP contribution is 2.29. The van der Waals surface area contributed by atoms with E-state index in [-0.39, 0.29) is 0 Å². The Morgan fingerprint density at radius 2 is 2.00 bits per heavy atom. The molecule has 17 heavy (non-hydrogen) atoms. The van der Waals surface area contributed by atoms with Crippen molar-refractivity contribution in [3.05, 3.63) is 23.8 Å².